The molecule has 86 valence electrons. The molecule has 0 saturated carbocycles. The summed E-state index contributed by atoms with van der Waals surface area (Å²) in [6, 6.07) is 3.01. The van der Waals surface area contributed by atoms with Crippen molar-refractivity contribution in [3.63, 3.8) is 0 Å². The maximum Gasteiger partial charge on any atom is 0.318 e. The van der Waals surface area contributed by atoms with Gasteiger partial charge in [-0.05, 0) is 18.6 Å². The molecule has 0 bridgehead atoms. The van der Waals surface area contributed by atoms with Crippen LogP contribution < -0.4 is 15.8 Å². The summed E-state index contributed by atoms with van der Waals surface area (Å²) in [5.74, 6) is -0.897. The molecule has 0 aliphatic heterocycles. The number of primary amides is 1. The van der Waals surface area contributed by atoms with Gasteiger partial charge in [0, 0.05) is 6.07 Å². The molecule has 0 heterocycles. The number of halogens is 1. The van der Waals surface area contributed by atoms with E-state index in [0.29, 0.717) is 5.56 Å². The number of nitrogens with two attached hydrogens (primary N) is 1. The molecule has 16 heavy (non-hydrogen) atoms. The van der Waals surface area contributed by atoms with Crippen molar-refractivity contribution in [1.29, 1.82) is 0 Å². The summed E-state index contributed by atoms with van der Waals surface area (Å²) in [5.41, 5.74) is 5.42. The molecular weight excluding hydrogens is 215 g/mol. The van der Waals surface area contributed by atoms with Gasteiger partial charge in [0.15, 0.2) is 6.61 Å². The number of aryl methyl sites for hydroxylation is 1. The minimum absolute atomic E-state index is 0.250. The van der Waals surface area contributed by atoms with Crippen molar-refractivity contribution in [2.45, 2.75) is 6.92 Å². The van der Waals surface area contributed by atoms with Crippen LogP contribution in [0.3, 0.4) is 0 Å². The summed E-state index contributed by atoms with van der Waals surface area (Å²) in [5, 5.41) is 1.83. The number of carbonyl (C=O) groups excluding carboxylic acids is 2. The number of carbonyl (C=O) groups is 2. The second-order valence-corrected chi connectivity index (χ2v) is 3.11. The number of hydrogen-bond donors (Lipinski definition) is 2. The number of hydrogen-bond acceptors (Lipinski definition) is 3. The fourth-order valence-electron chi connectivity index (χ4n) is 1.05. The smallest absolute Gasteiger partial charge is 0.318 e. The molecule has 6 heteroatoms. The van der Waals surface area contributed by atoms with Gasteiger partial charge < -0.3 is 10.5 Å². The maximum atomic E-state index is 12.8. The first-order valence-electron chi connectivity index (χ1n) is 4.47. The van der Waals surface area contributed by atoms with Crippen LogP contribution in [0.1, 0.15) is 5.56 Å². The van der Waals surface area contributed by atoms with Crippen LogP contribution in [0.15, 0.2) is 18.2 Å². The third kappa shape index (κ3) is 3.56. The summed E-state index contributed by atoms with van der Waals surface area (Å²) < 4.78 is 17.8. The van der Waals surface area contributed by atoms with E-state index < -0.39 is 24.4 Å². The van der Waals surface area contributed by atoms with E-state index in [-0.39, 0.29) is 5.75 Å². The molecule has 0 unspecified atom stereocenters. The van der Waals surface area contributed by atoms with Gasteiger partial charge in [-0.25, -0.2) is 9.18 Å². The number of imide groups is 1. The van der Waals surface area contributed by atoms with E-state index in [4.69, 9.17) is 10.5 Å². The van der Waals surface area contributed by atoms with Crippen molar-refractivity contribution < 1.29 is 18.7 Å². The fraction of sp³-hybridized carbons (Fsp3) is 0.200. The molecule has 1 rings (SSSR count). The highest BCUT2D eigenvalue weighted by molar-refractivity contribution is 5.94. The van der Waals surface area contributed by atoms with E-state index in [0.717, 1.165) is 6.07 Å². The van der Waals surface area contributed by atoms with Crippen molar-refractivity contribution in [2.75, 3.05) is 6.61 Å². The SMILES string of the molecule is Cc1ccc(F)cc1OCC(=O)NC(N)=O. The van der Waals surface area contributed by atoms with Gasteiger partial charge in [-0.15, -0.1) is 0 Å². The molecule has 0 saturated heterocycles. The lowest BCUT2D eigenvalue weighted by Gasteiger charge is -2.08. The van der Waals surface area contributed by atoms with Crippen LogP contribution in [0, 0.1) is 12.7 Å². The molecule has 3 amide bonds. The Labute approximate surface area is 91.4 Å². The van der Waals surface area contributed by atoms with Gasteiger partial charge in [-0.1, -0.05) is 6.07 Å². The fourth-order valence-corrected chi connectivity index (χ4v) is 1.05. The number of rotatable bonds is 3. The van der Waals surface area contributed by atoms with Gasteiger partial charge >= 0.3 is 6.03 Å². The van der Waals surface area contributed by atoms with Crippen molar-refractivity contribution in [1.82, 2.24) is 5.32 Å². The molecular formula is C10H11FN2O3. The van der Waals surface area contributed by atoms with Crippen molar-refractivity contribution in [2.24, 2.45) is 5.73 Å². The third-order valence-electron chi connectivity index (χ3n) is 1.77. The summed E-state index contributed by atoms with van der Waals surface area (Å²) in [6.07, 6.45) is 0. The Morgan fingerprint density at radius 3 is 2.81 bits per heavy atom. The first kappa shape index (κ1) is 12.0. The Balaban J connectivity index is 2.57. The van der Waals surface area contributed by atoms with Gasteiger partial charge in [0.2, 0.25) is 0 Å². The molecule has 0 fully saturated rings. The number of benzene rings is 1. The predicted octanol–water partition coefficient (Wildman–Crippen LogP) is 0.708. The summed E-state index contributed by atoms with van der Waals surface area (Å²) in [7, 11) is 0. The molecule has 5 nitrogen and oxygen atoms in total. The number of amides is 3. The molecule has 3 N–H and O–H groups in total. The normalized spacial score (nSPS) is 9.62. The van der Waals surface area contributed by atoms with E-state index in [9.17, 15) is 14.0 Å². The van der Waals surface area contributed by atoms with Gasteiger partial charge in [-0.2, -0.15) is 0 Å². The van der Waals surface area contributed by atoms with Crippen LogP contribution >= 0.6 is 0 Å². The Kier molecular flexibility index (Phi) is 3.82. The van der Waals surface area contributed by atoms with Crippen molar-refractivity contribution >= 4 is 11.9 Å². The van der Waals surface area contributed by atoms with Crippen LogP contribution in [0.5, 0.6) is 5.75 Å². The average Bonchev–Trinajstić information content (AvgIpc) is 2.18. The first-order valence-corrected chi connectivity index (χ1v) is 4.47. The highest BCUT2D eigenvalue weighted by atomic mass is 19.1. The Morgan fingerprint density at radius 1 is 1.50 bits per heavy atom. The Bertz CT molecular complexity index is 421. The molecule has 1 aromatic carbocycles. The van der Waals surface area contributed by atoms with Gasteiger partial charge in [0.1, 0.15) is 11.6 Å². The lowest BCUT2D eigenvalue weighted by atomic mass is 10.2. The largest absolute Gasteiger partial charge is 0.483 e. The Hall–Kier alpha value is -2.11. The van der Waals surface area contributed by atoms with Crippen molar-refractivity contribution in [3.05, 3.63) is 29.6 Å². The number of urea groups is 1. The molecule has 0 aliphatic rings. The number of ether oxygens (including phenoxy) is 1. The average molecular weight is 226 g/mol. The monoisotopic (exact) mass is 226 g/mol. The summed E-state index contributed by atoms with van der Waals surface area (Å²) in [6.45, 7) is 1.31. The van der Waals surface area contributed by atoms with E-state index in [1.165, 1.54) is 12.1 Å². The minimum Gasteiger partial charge on any atom is -0.483 e. The first-order chi connectivity index (χ1) is 7.49. The van der Waals surface area contributed by atoms with Gasteiger partial charge in [0.05, 0.1) is 0 Å². The highest BCUT2D eigenvalue weighted by Crippen LogP contribution is 2.18. The van der Waals surface area contributed by atoms with Gasteiger partial charge in [0.25, 0.3) is 5.91 Å². The van der Waals surface area contributed by atoms with Crippen LogP contribution in [0.25, 0.3) is 0 Å². The van der Waals surface area contributed by atoms with Crippen LogP contribution in [0.4, 0.5) is 9.18 Å². The zero-order valence-corrected chi connectivity index (χ0v) is 8.62. The zero-order valence-electron chi connectivity index (χ0n) is 8.62. The van der Waals surface area contributed by atoms with Gasteiger partial charge in [-0.3, -0.25) is 10.1 Å². The second kappa shape index (κ2) is 5.11. The molecule has 0 atom stereocenters. The van der Waals surface area contributed by atoms with Crippen LogP contribution in [-0.2, 0) is 4.79 Å². The third-order valence-corrected chi connectivity index (χ3v) is 1.77. The summed E-state index contributed by atoms with van der Waals surface area (Å²) >= 11 is 0. The maximum absolute atomic E-state index is 12.8. The van der Waals surface area contributed by atoms with E-state index in [1.807, 2.05) is 5.32 Å². The highest BCUT2D eigenvalue weighted by Gasteiger charge is 2.07. The molecule has 0 aliphatic carbocycles. The quantitative estimate of drug-likeness (QED) is 0.796. The van der Waals surface area contributed by atoms with E-state index in [2.05, 4.69) is 0 Å². The lowest BCUT2D eigenvalue weighted by Crippen LogP contribution is -2.38. The molecule has 0 aromatic heterocycles. The predicted molar refractivity (Wildman–Crippen MR) is 54.4 cm³/mol. The van der Waals surface area contributed by atoms with E-state index in [1.54, 1.807) is 6.92 Å². The van der Waals surface area contributed by atoms with Crippen LogP contribution in [-0.4, -0.2) is 18.5 Å². The Morgan fingerprint density at radius 2 is 2.19 bits per heavy atom. The molecule has 0 radical (unpaired) electrons. The second-order valence-electron chi connectivity index (χ2n) is 3.11. The van der Waals surface area contributed by atoms with E-state index >= 15 is 0 Å². The summed E-state index contributed by atoms with van der Waals surface area (Å²) in [4.78, 5) is 21.3. The van der Waals surface area contributed by atoms with Crippen molar-refractivity contribution in [3.8, 4) is 5.75 Å². The zero-order chi connectivity index (χ0) is 12.1. The minimum atomic E-state index is -0.954. The number of nitrogens with one attached hydrogen (secondary N) is 1. The topological polar surface area (TPSA) is 81.4 Å². The standard InChI is InChI=1S/C10H11FN2O3/c1-6-2-3-7(11)4-8(6)16-5-9(14)13-10(12)15/h2-4H,5H2,1H3,(H3,12,13,14,15). The van der Waals surface area contributed by atoms with Crippen LogP contribution in [0.2, 0.25) is 0 Å². The lowest BCUT2D eigenvalue weighted by molar-refractivity contribution is -0.121. The molecule has 0 spiro atoms. The molecule has 1 aromatic rings.